The number of methoxy groups -OCH3 is 2. The number of hydrogen-bond acceptors (Lipinski definition) is 6. The molecule has 1 heterocycles. The fourth-order valence-corrected chi connectivity index (χ4v) is 2.19. The number of nitrogen functional groups attached to an aromatic ring is 1. The molecule has 0 aliphatic heterocycles. The lowest BCUT2D eigenvalue weighted by Gasteiger charge is -2.12. The molecule has 0 bridgehead atoms. The normalized spacial score (nSPS) is 10.0. The molecule has 0 aliphatic rings. The van der Waals surface area contributed by atoms with Crippen molar-refractivity contribution in [1.29, 1.82) is 0 Å². The highest BCUT2D eigenvalue weighted by atomic mass is 35.5. The van der Waals surface area contributed by atoms with Gasteiger partial charge in [-0.25, -0.2) is 4.98 Å². The molecule has 7 heteroatoms. The summed E-state index contributed by atoms with van der Waals surface area (Å²) in [4.78, 5) is 8.75. The lowest BCUT2D eigenvalue weighted by Crippen LogP contribution is -2.03. The summed E-state index contributed by atoms with van der Waals surface area (Å²) < 4.78 is 10.6. The maximum Gasteiger partial charge on any atom is 0.229 e. The maximum absolute atomic E-state index is 5.99. The van der Waals surface area contributed by atoms with Crippen molar-refractivity contribution in [2.45, 2.75) is 0 Å². The van der Waals surface area contributed by atoms with E-state index in [4.69, 9.17) is 15.2 Å². The van der Waals surface area contributed by atoms with Crippen LogP contribution in [0.2, 0.25) is 0 Å². The molecule has 2 aromatic carbocycles. The van der Waals surface area contributed by atoms with Crippen LogP contribution < -0.4 is 20.5 Å². The molecule has 0 saturated carbocycles. The minimum Gasteiger partial charge on any atom is -0.497 e. The quantitative estimate of drug-likeness (QED) is 0.762. The lowest BCUT2D eigenvalue weighted by atomic mass is 10.2. The first kappa shape index (κ1) is 16.6. The van der Waals surface area contributed by atoms with Gasteiger partial charge in [-0.05, 0) is 24.3 Å². The van der Waals surface area contributed by atoms with Gasteiger partial charge in [0.1, 0.15) is 17.3 Å². The number of nitrogens with zero attached hydrogens (tertiary/aromatic N) is 2. The Hall–Kier alpha value is -2.73. The largest absolute Gasteiger partial charge is 0.497 e. The van der Waals surface area contributed by atoms with Crippen LogP contribution in [0.1, 0.15) is 0 Å². The van der Waals surface area contributed by atoms with Gasteiger partial charge in [0.05, 0.1) is 25.4 Å². The average molecular weight is 333 g/mol. The van der Waals surface area contributed by atoms with E-state index in [2.05, 4.69) is 15.3 Å². The molecule has 23 heavy (non-hydrogen) atoms. The van der Waals surface area contributed by atoms with Crippen molar-refractivity contribution in [2.24, 2.45) is 0 Å². The fraction of sp³-hybridized carbons (Fsp3) is 0.125. The predicted octanol–water partition coefficient (Wildman–Crippen LogP) is 3.39. The monoisotopic (exact) mass is 332 g/mol. The second-order valence-corrected chi connectivity index (χ2v) is 4.64. The van der Waals surface area contributed by atoms with Gasteiger partial charge >= 0.3 is 0 Å². The molecule has 1 aromatic heterocycles. The van der Waals surface area contributed by atoms with Crippen LogP contribution in [-0.2, 0) is 0 Å². The van der Waals surface area contributed by atoms with Crippen LogP contribution in [0.25, 0.3) is 10.9 Å². The highest BCUT2D eigenvalue weighted by molar-refractivity contribution is 5.89. The fourth-order valence-electron chi connectivity index (χ4n) is 2.19. The number of nitrogens with two attached hydrogens (primary N) is 1. The Morgan fingerprint density at radius 2 is 1.78 bits per heavy atom. The van der Waals surface area contributed by atoms with Crippen LogP contribution in [-0.4, -0.2) is 24.2 Å². The molecular formula is C16H17ClN4O2. The van der Waals surface area contributed by atoms with Crippen molar-refractivity contribution in [3.63, 3.8) is 0 Å². The van der Waals surface area contributed by atoms with E-state index in [0.29, 0.717) is 29.0 Å². The molecule has 0 fully saturated rings. The van der Waals surface area contributed by atoms with Gasteiger partial charge in [-0.3, -0.25) is 0 Å². The molecule has 0 radical (unpaired) electrons. The summed E-state index contributed by atoms with van der Waals surface area (Å²) in [5.74, 6) is 2.20. The average Bonchev–Trinajstić information content (AvgIpc) is 2.55. The SMILES string of the molecule is COc1ccc(OC)c(Nc2nc(N)c3ccccc3n2)c1.Cl. The zero-order valence-corrected chi connectivity index (χ0v) is 13.6. The van der Waals surface area contributed by atoms with Crippen LogP contribution in [0, 0.1) is 0 Å². The van der Waals surface area contributed by atoms with Crippen LogP contribution in [0.3, 0.4) is 0 Å². The second-order valence-electron chi connectivity index (χ2n) is 4.64. The summed E-state index contributed by atoms with van der Waals surface area (Å²) in [5, 5.41) is 3.95. The number of rotatable bonds is 4. The van der Waals surface area contributed by atoms with Gasteiger partial charge in [0.15, 0.2) is 0 Å². The second kappa shape index (κ2) is 7.02. The molecule has 3 N–H and O–H groups in total. The van der Waals surface area contributed by atoms with Crippen LogP contribution in [0.15, 0.2) is 42.5 Å². The highest BCUT2D eigenvalue weighted by Gasteiger charge is 2.09. The maximum atomic E-state index is 5.99. The van der Waals surface area contributed by atoms with Crippen molar-refractivity contribution in [2.75, 3.05) is 25.3 Å². The topological polar surface area (TPSA) is 82.3 Å². The number of halogens is 1. The van der Waals surface area contributed by atoms with E-state index in [0.717, 1.165) is 10.9 Å². The smallest absolute Gasteiger partial charge is 0.229 e. The van der Waals surface area contributed by atoms with Crippen molar-refractivity contribution < 1.29 is 9.47 Å². The first-order valence-corrected chi connectivity index (χ1v) is 6.72. The molecule has 0 unspecified atom stereocenters. The number of anilines is 3. The van der Waals surface area contributed by atoms with E-state index in [1.807, 2.05) is 42.5 Å². The van der Waals surface area contributed by atoms with Crippen molar-refractivity contribution in [3.8, 4) is 11.5 Å². The highest BCUT2D eigenvalue weighted by Crippen LogP contribution is 2.31. The lowest BCUT2D eigenvalue weighted by molar-refractivity contribution is 0.405. The van der Waals surface area contributed by atoms with Crippen molar-refractivity contribution in [1.82, 2.24) is 9.97 Å². The Bertz CT molecular complexity index is 826. The third-order valence-corrected chi connectivity index (χ3v) is 3.29. The van der Waals surface area contributed by atoms with Crippen LogP contribution in [0.4, 0.5) is 17.5 Å². The molecule has 0 atom stereocenters. The zero-order chi connectivity index (χ0) is 15.5. The number of benzene rings is 2. The van der Waals surface area contributed by atoms with Crippen molar-refractivity contribution in [3.05, 3.63) is 42.5 Å². The number of para-hydroxylation sites is 1. The number of hydrogen-bond donors (Lipinski definition) is 2. The molecule has 120 valence electrons. The molecule has 6 nitrogen and oxygen atoms in total. The minimum absolute atomic E-state index is 0. The minimum atomic E-state index is 0. The number of nitrogens with one attached hydrogen (secondary N) is 1. The molecule has 3 rings (SSSR count). The standard InChI is InChI=1S/C16H16N4O2.ClH/c1-21-10-7-8-14(22-2)13(9-10)19-16-18-12-6-4-3-5-11(12)15(17)20-16;/h3-9H,1-2H3,(H3,17,18,19,20);1H. The Kier molecular flexibility index (Phi) is 5.08. The number of fused-ring (bicyclic) bond motifs is 1. The zero-order valence-electron chi connectivity index (χ0n) is 12.7. The van der Waals surface area contributed by atoms with E-state index >= 15 is 0 Å². The molecule has 0 aliphatic carbocycles. The molecule has 0 spiro atoms. The Morgan fingerprint density at radius 1 is 1.00 bits per heavy atom. The number of ether oxygens (including phenoxy) is 2. The van der Waals surface area contributed by atoms with Crippen LogP contribution in [0.5, 0.6) is 11.5 Å². The molecular weight excluding hydrogens is 316 g/mol. The van der Waals surface area contributed by atoms with E-state index in [-0.39, 0.29) is 12.4 Å². The van der Waals surface area contributed by atoms with E-state index in [9.17, 15) is 0 Å². The summed E-state index contributed by atoms with van der Waals surface area (Å²) in [6.45, 7) is 0. The third-order valence-electron chi connectivity index (χ3n) is 3.29. The summed E-state index contributed by atoms with van der Waals surface area (Å²) >= 11 is 0. The van der Waals surface area contributed by atoms with Gasteiger partial charge in [-0.2, -0.15) is 4.98 Å². The third kappa shape index (κ3) is 3.37. The Morgan fingerprint density at radius 3 is 2.52 bits per heavy atom. The summed E-state index contributed by atoms with van der Waals surface area (Å²) in [7, 11) is 3.21. The first-order chi connectivity index (χ1) is 10.7. The van der Waals surface area contributed by atoms with E-state index in [1.54, 1.807) is 14.2 Å². The summed E-state index contributed by atoms with van der Waals surface area (Å²) in [6.07, 6.45) is 0. The van der Waals surface area contributed by atoms with Crippen LogP contribution >= 0.6 is 12.4 Å². The van der Waals surface area contributed by atoms with Gasteiger partial charge in [-0.1, -0.05) is 12.1 Å². The van der Waals surface area contributed by atoms with Gasteiger partial charge < -0.3 is 20.5 Å². The van der Waals surface area contributed by atoms with E-state index < -0.39 is 0 Å². The molecule has 0 saturated heterocycles. The first-order valence-electron chi connectivity index (χ1n) is 6.72. The van der Waals surface area contributed by atoms with E-state index in [1.165, 1.54) is 0 Å². The molecule has 3 aromatic rings. The summed E-state index contributed by atoms with van der Waals surface area (Å²) in [6, 6.07) is 13.0. The Balaban J connectivity index is 0.00000192. The van der Waals surface area contributed by atoms with Gasteiger partial charge in [0.2, 0.25) is 5.95 Å². The Labute approximate surface area is 140 Å². The van der Waals surface area contributed by atoms with Gasteiger partial charge in [-0.15, -0.1) is 12.4 Å². The molecule has 0 amide bonds. The number of aromatic nitrogens is 2. The predicted molar refractivity (Wildman–Crippen MR) is 94.0 cm³/mol. The van der Waals surface area contributed by atoms with Gasteiger partial charge in [0, 0.05) is 11.5 Å². The van der Waals surface area contributed by atoms with Gasteiger partial charge in [0.25, 0.3) is 0 Å². The summed E-state index contributed by atoms with van der Waals surface area (Å²) in [5.41, 5.74) is 7.47. The van der Waals surface area contributed by atoms with Crippen molar-refractivity contribution >= 4 is 40.8 Å².